The summed E-state index contributed by atoms with van der Waals surface area (Å²) in [5, 5.41) is 51.4. The number of halogens is 4. The van der Waals surface area contributed by atoms with Gasteiger partial charge in [0.25, 0.3) is 17.7 Å². The number of nitrogens with zero attached hydrogens (tertiary/aromatic N) is 2. The number of hydrazine groups is 2. The van der Waals surface area contributed by atoms with Crippen molar-refractivity contribution in [2.24, 2.45) is 5.84 Å². The summed E-state index contributed by atoms with van der Waals surface area (Å²) in [6.45, 7) is 2.74. The van der Waals surface area contributed by atoms with E-state index in [1.165, 1.54) is 38.1 Å². The summed E-state index contributed by atoms with van der Waals surface area (Å²) in [5.74, 6) is 2.22. The minimum atomic E-state index is -1.22. The number of aliphatic carboxylic acids is 1. The van der Waals surface area contributed by atoms with Crippen molar-refractivity contribution in [1.82, 2.24) is 16.3 Å². The van der Waals surface area contributed by atoms with Crippen LogP contribution in [0.1, 0.15) is 45.7 Å². The molecule has 4 aromatic carbocycles. The topological polar surface area (TPSA) is 263 Å². The molecule has 4 rings (SSSR count). The number of carbonyl (C=O) groups excluding carboxylic acids is 3. The van der Waals surface area contributed by atoms with Crippen molar-refractivity contribution in [3.05, 3.63) is 127 Å². The Morgan fingerprint density at radius 3 is 1.38 bits per heavy atom. The SMILES string of the molecule is C[C@H](O)[C@@H](Nc1ccc(C#N)c(Cl)c1Cl)C(=O)NNC(=O)c1ccccc1.C[C@H](O)[C@@H](Nc1ccc(C#N)c(Cl)c1Cl)C(=O)O.NNC(=O)c1ccccc1. The Hall–Kier alpha value is -5.62. The number of rotatable bonds is 10. The molecule has 19 heteroatoms. The Kier molecular flexibility index (Phi) is 18.7. The predicted octanol–water partition coefficient (Wildman–Crippen LogP) is 4.89. The van der Waals surface area contributed by atoms with Crippen molar-refractivity contribution in [3.8, 4) is 12.1 Å². The molecule has 0 unspecified atom stereocenters. The molecule has 0 radical (unpaired) electrons. The molecule has 0 fully saturated rings. The van der Waals surface area contributed by atoms with E-state index in [4.69, 9.17) is 67.9 Å². The average molecular weight is 833 g/mol. The number of nitrogens with one attached hydrogen (secondary N) is 5. The van der Waals surface area contributed by atoms with Gasteiger partial charge in [0.05, 0.1) is 54.8 Å². The van der Waals surface area contributed by atoms with Gasteiger partial charge in [0.1, 0.15) is 18.2 Å². The Bertz CT molecular complexity index is 2040. The molecule has 15 nitrogen and oxygen atoms in total. The number of carboxylic acid groups (broad SMARTS) is 1. The normalized spacial score (nSPS) is 12.1. The number of benzene rings is 4. The first-order valence-electron chi connectivity index (χ1n) is 15.7. The lowest BCUT2D eigenvalue weighted by Gasteiger charge is -2.23. The van der Waals surface area contributed by atoms with Crippen LogP contribution in [0.3, 0.4) is 0 Å². The predicted molar refractivity (Wildman–Crippen MR) is 208 cm³/mol. The van der Waals surface area contributed by atoms with E-state index in [9.17, 15) is 29.4 Å². The number of aliphatic hydroxyl groups excluding tert-OH is 2. The van der Waals surface area contributed by atoms with Gasteiger partial charge >= 0.3 is 5.97 Å². The lowest BCUT2D eigenvalue weighted by atomic mass is 10.1. The molecule has 0 spiro atoms. The number of nitrogens with two attached hydrogens (primary N) is 1. The van der Waals surface area contributed by atoms with E-state index in [0.29, 0.717) is 11.1 Å². The number of aliphatic hydroxyl groups is 2. The van der Waals surface area contributed by atoms with Crippen LogP contribution in [0.25, 0.3) is 0 Å². The Morgan fingerprint density at radius 1 is 0.618 bits per heavy atom. The molecule has 0 saturated heterocycles. The van der Waals surface area contributed by atoms with Crippen LogP contribution in [0.5, 0.6) is 0 Å². The number of carbonyl (C=O) groups is 4. The van der Waals surface area contributed by atoms with E-state index in [-0.39, 0.29) is 48.5 Å². The molecule has 4 atom stereocenters. The lowest BCUT2D eigenvalue weighted by Crippen LogP contribution is -2.52. The second kappa shape index (κ2) is 22.6. The van der Waals surface area contributed by atoms with Crippen LogP contribution in [-0.4, -0.2) is 63.3 Å². The smallest absolute Gasteiger partial charge is 0.328 e. The molecule has 10 N–H and O–H groups in total. The maximum atomic E-state index is 12.4. The van der Waals surface area contributed by atoms with Gasteiger partial charge in [-0.05, 0) is 62.4 Å². The highest BCUT2D eigenvalue weighted by atomic mass is 35.5. The molecule has 55 heavy (non-hydrogen) atoms. The van der Waals surface area contributed by atoms with Gasteiger partial charge < -0.3 is 26.0 Å². The number of amides is 3. The largest absolute Gasteiger partial charge is 0.480 e. The van der Waals surface area contributed by atoms with Crippen LogP contribution in [-0.2, 0) is 9.59 Å². The van der Waals surface area contributed by atoms with E-state index in [0.717, 1.165) is 0 Å². The fraction of sp³-hybridized carbons (Fsp3) is 0.167. The lowest BCUT2D eigenvalue weighted by molar-refractivity contribution is -0.140. The Balaban J connectivity index is 0.000000319. The fourth-order valence-electron chi connectivity index (χ4n) is 4.15. The molecule has 0 aliphatic heterocycles. The minimum absolute atomic E-state index is 0.0336. The number of hydrogen-bond acceptors (Lipinski definition) is 11. The molecule has 0 bridgehead atoms. The molecule has 0 heterocycles. The van der Waals surface area contributed by atoms with E-state index < -0.39 is 42.1 Å². The number of anilines is 2. The van der Waals surface area contributed by atoms with Crippen LogP contribution in [0.2, 0.25) is 20.1 Å². The van der Waals surface area contributed by atoms with Crippen molar-refractivity contribution in [1.29, 1.82) is 10.5 Å². The van der Waals surface area contributed by atoms with Crippen molar-refractivity contribution in [2.75, 3.05) is 10.6 Å². The van der Waals surface area contributed by atoms with Gasteiger partial charge in [0.2, 0.25) is 0 Å². The summed E-state index contributed by atoms with van der Waals surface area (Å²) in [6, 6.07) is 24.3. The molecular formula is C36H34Cl4N8O7. The number of carboxylic acids is 1. The second-order valence-corrected chi connectivity index (χ2v) is 12.5. The first-order chi connectivity index (χ1) is 26.1. The third-order valence-corrected chi connectivity index (χ3v) is 8.81. The van der Waals surface area contributed by atoms with E-state index in [1.54, 1.807) is 54.6 Å². The maximum absolute atomic E-state index is 12.4. The summed E-state index contributed by atoms with van der Waals surface area (Å²) < 4.78 is 0. The molecule has 4 aromatic rings. The highest BCUT2D eigenvalue weighted by molar-refractivity contribution is 6.45. The summed E-state index contributed by atoms with van der Waals surface area (Å²) in [5.41, 5.74) is 8.38. The number of hydrogen-bond donors (Lipinski definition) is 9. The molecule has 0 aliphatic carbocycles. The first-order valence-corrected chi connectivity index (χ1v) is 17.2. The van der Waals surface area contributed by atoms with Crippen LogP contribution in [0.4, 0.5) is 11.4 Å². The number of nitrogen functional groups attached to an aromatic ring is 1. The van der Waals surface area contributed by atoms with Gasteiger partial charge in [0, 0.05) is 11.1 Å². The van der Waals surface area contributed by atoms with Gasteiger partial charge in [-0.3, -0.25) is 30.7 Å². The second-order valence-electron chi connectivity index (χ2n) is 11.0. The molecule has 0 aromatic heterocycles. The quantitative estimate of drug-likeness (QED) is 0.0588. The zero-order valence-corrected chi connectivity index (χ0v) is 31.9. The zero-order valence-electron chi connectivity index (χ0n) is 28.9. The standard InChI is InChI=1S/C18H16Cl2N4O3.C11H10Cl2N2O3.C7H8N2O/c1-10(25)16(22-13-8-7-12(9-21)14(19)15(13)20)18(27)24-23-17(26)11-5-3-2-4-6-11;1-5(16)10(11(17)18)15-7-3-2-6(4-14)8(12)9(7)13;8-9-7(10)6-4-2-1-3-5-6/h2-8,10,16,22,25H,1H3,(H,23,26)(H,24,27);2-3,5,10,15-16H,1H3,(H,17,18);1-5H,8H2,(H,9,10)/t10-,16+;5-,10+;/m00./s1. The minimum Gasteiger partial charge on any atom is -0.480 e. The highest BCUT2D eigenvalue weighted by Gasteiger charge is 2.26. The van der Waals surface area contributed by atoms with Gasteiger partial charge in [-0.25, -0.2) is 10.6 Å². The van der Waals surface area contributed by atoms with Crippen molar-refractivity contribution in [2.45, 2.75) is 38.1 Å². The van der Waals surface area contributed by atoms with Gasteiger partial charge in [0.15, 0.2) is 6.04 Å². The summed E-state index contributed by atoms with van der Waals surface area (Å²) in [4.78, 5) is 46.0. The third kappa shape index (κ3) is 13.6. The monoisotopic (exact) mass is 830 g/mol. The van der Waals surface area contributed by atoms with Gasteiger partial charge in [-0.1, -0.05) is 82.8 Å². The molecular weight excluding hydrogens is 798 g/mol. The van der Waals surface area contributed by atoms with E-state index >= 15 is 0 Å². The van der Waals surface area contributed by atoms with Crippen molar-refractivity contribution >= 4 is 81.5 Å². The van der Waals surface area contributed by atoms with Crippen LogP contribution < -0.4 is 32.8 Å². The summed E-state index contributed by atoms with van der Waals surface area (Å²) in [7, 11) is 0. The molecule has 3 amide bonds. The van der Waals surface area contributed by atoms with Crippen LogP contribution in [0, 0.1) is 22.7 Å². The molecule has 0 aliphatic rings. The Morgan fingerprint density at radius 2 is 1.02 bits per heavy atom. The first kappa shape index (κ1) is 45.5. The van der Waals surface area contributed by atoms with Crippen molar-refractivity contribution < 1.29 is 34.5 Å². The van der Waals surface area contributed by atoms with E-state index in [2.05, 4.69) is 21.5 Å². The van der Waals surface area contributed by atoms with Crippen LogP contribution in [0.15, 0.2) is 84.9 Å². The summed E-state index contributed by atoms with van der Waals surface area (Å²) >= 11 is 23.9. The highest BCUT2D eigenvalue weighted by Crippen LogP contribution is 2.34. The third-order valence-electron chi connectivity index (χ3n) is 7.04. The fourth-order valence-corrected chi connectivity index (χ4v) is 5.01. The van der Waals surface area contributed by atoms with Gasteiger partial charge in [-0.15, -0.1) is 0 Å². The van der Waals surface area contributed by atoms with Crippen molar-refractivity contribution in [3.63, 3.8) is 0 Å². The number of nitriles is 2. The Labute approximate surface area is 335 Å². The molecule has 0 saturated carbocycles. The zero-order chi connectivity index (χ0) is 41.2. The maximum Gasteiger partial charge on any atom is 0.328 e. The van der Waals surface area contributed by atoms with E-state index in [1.807, 2.05) is 23.6 Å². The van der Waals surface area contributed by atoms with Crippen LogP contribution >= 0.6 is 46.4 Å². The summed E-state index contributed by atoms with van der Waals surface area (Å²) in [6.07, 6.45) is -2.24. The molecule has 288 valence electrons. The average Bonchev–Trinajstić information content (AvgIpc) is 3.18. The van der Waals surface area contributed by atoms with Gasteiger partial charge in [-0.2, -0.15) is 10.5 Å².